The summed E-state index contributed by atoms with van der Waals surface area (Å²) >= 11 is 0. The number of ether oxygens (including phenoxy) is 1. The van der Waals surface area contributed by atoms with Gasteiger partial charge in [0, 0.05) is 0 Å². The molecule has 2 N–H and O–H groups in total. The van der Waals surface area contributed by atoms with E-state index in [-0.39, 0.29) is 0 Å². The normalized spacial score (nSPS) is 18.5. The highest BCUT2D eigenvalue weighted by atomic mass is 16.5. The first-order valence-corrected chi connectivity index (χ1v) is 6.00. The maximum atomic E-state index is 5.74. The van der Waals surface area contributed by atoms with Gasteiger partial charge in [0.1, 0.15) is 12.4 Å². The Bertz CT molecular complexity index is 352. The van der Waals surface area contributed by atoms with Crippen LogP contribution in [0.1, 0.15) is 18.9 Å². The van der Waals surface area contributed by atoms with E-state index in [0.717, 1.165) is 37.4 Å². The Morgan fingerprint density at radius 2 is 2.38 bits per heavy atom. The van der Waals surface area contributed by atoms with Crippen molar-refractivity contribution in [3.63, 3.8) is 0 Å². The molecule has 0 saturated heterocycles. The fourth-order valence-electron chi connectivity index (χ4n) is 1.96. The van der Waals surface area contributed by atoms with Crippen molar-refractivity contribution in [3.05, 3.63) is 23.8 Å². The highest BCUT2D eigenvalue weighted by Gasteiger charge is 2.18. The molecule has 0 saturated carbocycles. The van der Waals surface area contributed by atoms with Crippen LogP contribution in [0.2, 0.25) is 0 Å². The van der Waals surface area contributed by atoms with E-state index >= 15 is 0 Å². The number of anilines is 1. The first-order valence-electron chi connectivity index (χ1n) is 6.00. The Balaban J connectivity index is 2.06. The average Bonchev–Trinajstić information content (AvgIpc) is 2.35. The molecule has 1 aromatic carbocycles. The largest absolute Gasteiger partial charge is 0.489 e. The van der Waals surface area contributed by atoms with Gasteiger partial charge in [-0.05, 0) is 44.1 Å². The summed E-state index contributed by atoms with van der Waals surface area (Å²) < 4.78 is 5.74. The molecule has 0 amide bonds. The van der Waals surface area contributed by atoms with Gasteiger partial charge in [-0.2, -0.15) is 0 Å². The average molecular weight is 220 g/mol. The Labute approximate surface area is 97.2 Å². The van der Waals surface area contributed by atoms with Crippen LogP contribution in [0, 0.1) is 0 Å². The molecule has 1 heterocycles. The van der Waals surface area contributed by atoms with Crippen LogP contribution in [0.5, 0.6) is 5.75 Å². The molecule has 0 bridgehead atoms. The second kappa shape index (κ2) is 5.21. The fraction of sp³-hybridized carbons (Fsp3) is 0.538. The van der Waals surface area contributed by atoms with Crippen LogP contribution in [-0.2, 0) is 6.42 Å². The Morgan fingerprint density at radius 3 is 3.12 bits per heavy atom. The van der Waals surface area contributed by atoms with Crippen LogP contribution in [0.25, 0.3) is 0 Å². The van der Waals surface area contributed by atoms with E-state index in [0.29, 0.717) is 6.04 Å². The minimum absolute atomic E-state index is 0.423. The number of fused-ring (bicyclic) bond motifs is 1. The van der Waals surface area contributed by atoms with Crippen molar-refractivity contribution in [1.29, 1.82) is 0 Å². The van der Waals surface area contributed by atoms with E-state index < -0.39 is 0 Å². The summed E-state index contributed by atoms with van der Waals surface area (Å²) in [5, 5.41) is 6.71. The molecule has 0 fully saturated rings. The van der Waals surface area contributed by atoms with E-state index in [4.69, 9.17) is 4.74 Å². The lowest BCUT2D eigenvalue weighted by Gasteiger charge is -2.27. The number of hydrogen-bond donors (Lipinski definition) is 2. The van der Waals surface area contributed by atoms with Crippen molar-refractivity contribution in [1.82, 2.24) is 5.32 Å². The molecule has 1 aliphatic rings. The van der Waals surface area contributed by atoms with Crippen molar-refractivity contribution in [3.8, 4) is 5.75 Å². The van der Waals surface area contributed by atoms with E-state index in [1.54, 1.807) is 0 Å². The molecule has 0 aliphatic carbocycles. The molecule has 0 spiro atoms. The summed E-state index contributed by atoms with van der Waals surface area (Å²) in [4.78, 5) is 0. The number of aryl methyl sites for hydroxylation is 1. The topological polar surface area (TPSA) is 33.3 Å². The molecule has 1 unspecified atom stereocenters. The summed E-state index contributed by atoms with van der Waals surface area (Å²) in [5.41, 5.74) is 2.50. The van der Waals surface area contributed by atoms with Crippen molar-refractivity contribution in [2.45, 2.75) is 25.8 Å². The van der Waals surface area contributed by atoms with Crippen LogP contribution in [-0.4, -0.2) is 26.2 Å². The predicted molar refractivity (Wildman–Crippen MR) is 67.3 cm³/mol. The van der Waals surface area contributed by atoms with Gasteiger partial charge in [0.2, 0.25) is 0 Å². The minimum Gasteiger partial charge on any atom is -0.489 e. The summed E-state index contributed by atoms with van der Waals surface area (Å²) in [7, 11) is 1.98. The third-order valence-electron chi connectivity index (χ3n) is 2.99. The molecule has 1 atom stereocenters. The number of benzene rings is 1. The van der Waals surface area contributed by atoms with Crippen LogP contribution in [0.15, 0.2) is 18.2 Å². The lowest BCUT2D eigenvalue weighted by molar-refractivity contribution is 0.278. The van der Waals surface area contributed by atoms with Gasteiger partial charge in [-0.15, -0.1) is 0 Å². The highest BCUT2D eigenvalue weighted by molar-refractivity contribution is 5.60. The van der Waals surface area contributed by atoms with Crippen LogP contribution < -0.4 is 15.4 Å². The number of nitrogens with one attached hydrogen (secondary N) is 2. The number of rotatable bonds is 4. The van der Waals surface area contributed by atoms with Crippen LogP contribution in [0.3, 0.4) is 0 Å². The third kappa shape index (κ3) is 2.47. The smallest absolute Gasteiger partial charge is 0.142 e. The Kier molecular flexibility index (Phi) is 3.67. The molecule has 1 aromatic rings. The zero-order chi connectivity index (χ0) is 11.4. The first kappa shape index (κ1) is 11.3. The fourth-order valence-corrected chi connectivity index (χ4v) is 1.96. The number of hydrogen-bond acceptors (Lipinski definition) is 3. The van der Waals surface area contributed by atoms with Gasteiger partial charge in [0.05, 0.1) is 11.7 Å². The first-order chi connectivity index (χ1) is 7.83. The minimum atomic E-state index is 0.423. The SMILES string of the molecule is CCc1ccc2c(c1)NC(CCNC)CO2. The molecule has 3 heteroatoms. The Hall–Kier alpha value is -1.22. The maximum absolute atomic E-state index is 5.74. The standard InChI is InChI=1S/C13H20N2O/c1-3-10-4-5-13-12(8-10)15-11(9-16-13)6-7-14-2/h4-5,8,11,14-15H,3,6-7,9H2,1-2H3. The lowest BCUT2D eigenvalue weighted by Crippen LogP contribution is -2.33. The summed E-state index contributed by atoms with van der Waals surface area (Å²) in [6, 6.07) is 6.82. The Morgan fingerprint density at radius 1 is 1.50 bits per heavy atom. The van der Waals surface area contributed by atoms with Crippen molar-refractivity contribution in [2.24, 2.45) is 0 Å². The maximum Gasteiger partial charge on any atom is 0.142 e. The monoisotopic (exact) mass is 220 g/mol. The third-order valence-corrected chi connectivity index (χ3v) is 2.99. The lowest BCUT2D eigenvalue weighted by atomic mass is 10.1. The van der Waals surface area contributed by atoms with E-state index in [9.17, 15) is 0 Å². The van der Waals surface area contributed by atoms with Gasteiger partial charge in [0.15, 0.2) is 0 Å². The molecule has 88 valence electrons. The zero-order valence-corrected chi connectivity index (χ0v) is 10.0. The van der Waals surface area contributed by atoms with Gasteiger partial charge in [-0.1, -0.05) is 13.0 Å². The van der Waals surface area contributed by atoms with Crippen molar-refractivity contribution in [2.75, 3.05) is 25.5 Å². The van der Waals surface area contributed by atoms with Crippen molar-refractivity contribution < 1.29 is 4.74 Å². The van der Waals surface area contributed by atoms with Gasteiger partial charge in [-0.25, -0.2) is 0 Å². The molecule has 0 aromatic heterocycles. The van der Waals surface area contributed by atoms with Gasteiger partial charge < -0.3 is 15.4 Å². The molecule has 16 heavy (non-hydrogen) atoms. The second-order valence-electron chi connectivity index (χ2n) is 4.23. The predicted octanol–water partition coefficient (Wildman–Crippen LogP) is 2.03. The summed E-state index contributed by atoms with van der Waals surface area (Å²) in [6.07, 6.45) is 2.16. The highest BCUT2D eigenvalue weighted by Crippen LogP contribution is 2.30. The van der Waals surface area contributed by atoms with E-state index in [2.05, 4.69) is 35.8 Å². The summed E-state index contributed by atoms with van der Waals surface area (Å²) in [5.74, 6) is 0.984. The van der Waals surface area contributed by atoms with Gasteiger partial charge in [0.25, 0.3) is 0 Å². The molecule has 3 nitrogen and oxygen atoms in total. The van der Waals surface area contributed by atoms with Crippen molar-refractivity contribution >= 4 is 5.69 Å². The van der Waals surface area contributed by atoms with E-state index in [1.807, 2.05) is 7.05 Å². The molecule has 0 radical (unpaired) electrons. The molecular weight excluding hydrogens is 200 g/mol. The molecule has 1 aliphatic heterocycles. The second-order valence-corrected chi connectivity index (χ2v) is 4.23. The molecule has 2 rings (SSSR count). The summed E-state index contributed by atoms with van der Waals surface area (Å²) in [6.45, 7) is 3.95. The van der Waals surface area contributed by atoms with Gasteiger partial charge >= 0.3 is 0 Å². The van der Waals surface area contributed by atoms with E-state index in [1.165, 1.54) is 5.56 Å². The zero-order valence-electron chi connectivity index (χ0n) is 10.0. The molecular formula is C13H20N2O. The van der Waals surface area contributed by atoms with Gasteiger partial charge in [-0.3, -0.25) is 0 Å². The van der Waals surface area contributed by atoms with Crippen LogP contribution in [0.4, 0.5) is 5.69 Å². The quantitative estimate of drug-likeness (QED) is 0.814. The van der Waals surface area contributed by atoms with Crippen LogP contribution >= 0.6 is 0 Å².